The quantitative estimate of drug-likeness (QED) is 0.756. The third kappa shape index (κ3) is 4.98. The standard InChI is InChI=1S/C18H26N2O3/c1-3-23-18(22)13-16-11-7-8-12-20(16)17(21)14-19(2)15-9-5-4-6-10-15/h4-6,9-10,16H,3,7-8,11-14H2,1-2H3/t16-/m0/s1. The number of piperidine rings is 1. The SMILES string of the molecule is CCOC(=O)C[C@@H]1CCCCN1C(=O)CN(C)c1ccccc1. The highest BCUT2D eigenvalue weighted by Crippen LogP contribution is 2.21. The molecule has 1 atom stereocenters. The molecule has 1 aromatic carbocycles. The van der Waals surface area contributed by atoms with Crippen molar-refractivity contribution in [2.75, 3.05) is 31.6 Å². The summed E-state index contributed by atoms with van der Waals surface area (Å²) < 4.78 is 5.04. The molecule has 0 spiro atoms. The van der Waals surface area contributed by atoms with Crippen LogP contribution in [0, 0.1) is 0 Å². The van der Waals surface area contributed by atoms with Crippen LogP contribution in [0.25, 0.3) is 0 Å². The summed E-state index contributed by atoms with van der Waals surface area (Å²) in [6.07, 6.45) is 3.23. The maximum Gasteiger partial charge on any atom is 0.307 e. The van der Waals surface area contributed by atoms with E-state index in [0.29, 0.717) is 19.6 Å². The predicted molar refractivity (Wildman–Crippen MR) is 90.3 cm³/mol. The summed E-state index contributed by atoms with van der Waals surface area (Å²) in [4.78, 5) is 28.2. The van der Waals surface area contributed by atoms with E-state index in [4.69, 9.17) is 4.74 Å². The number of para-hydroxylation sites is 1. The van der Waals surface area contributed by atoms with Crippen molar-refractivity contribution < 1.29 is 14.3 Å². The molecule has 0 unspecified atom stereocenters. The Labute approximate surface area is 138 Å². The van der Waals surface area contributed by atoms with Gasteiger partial charge in [-0.15, -0.1) is 0 Å². The van der Waals surface area contributed by atoms with Crippen LogP contribution < -0.4 is 4.90 Å². The summed E-state index contributed by atoms with van der Waals surface area (Å²) in [5.41, 5.74) is 1.01. The zero-order valence-corrected chi connectivity index (χ0v) is 14.0. The van der Waals surface area contributed by atoms with E-state index in [-0.39, 0.29) is 17.9 Å². The number of amides is 1. The third-order valence-electron chi connectivity index (χ3n) is 4.22. The lowest BCUT2D eigenvalue weighted by Crippen LogP contribution is -2.48. The van der Waals surface area contributed by atoms with Gasteiger partial charge in [-0.25, -0.2) is 0 Å². The fourth-order valence-corrected chi connectivity index (χ4v) is 3.02. The highest BCUT2D eigenvalue weighted by atomic mass is 16.5. The minimum absolute atomic E-state index is 0.0283. The van der Waals surface area contributed by atoms with Crippen molar-refractivity contribution in [3.63, 3.8) is 0 Å². The summed E-state index contributed by atoms with van der Waals surface area (Å²) in [5.74, 6) is -0.140. The van der Waals surface area contributed by atoms with Crippen molar-refractivity contribution in [3.8, 4) is 0 Å². The lowest BCUT2D eigenvalue weighted by Gasteiger charge is -2.36. The molecule has 0 saturated carbocycles. The average molecular weight is 318 g/mol. The lowest BCUT2D eigenvalue weighted by molar-refractivity contribution is -0.146. The van der Waals surface area contributed by atoms with Gasteiger partial charge in [0.15, 0.2) is 0 Å². The molecule has 1 aliphatic heterocycles. The zero-order chi connectivity index (χ0) is 16.7. The number of ether oxygens (including phenoxy) is 1. The first-order chi connectivity index (χ1) is 11.1. The average Bonchev–Trinajstić information content (AvgIpc) is 2.56. The fraction of sp³-hybridized carbons (Fsp3) is 0.556. The number of benzene rings is 1. The van der Waals surface area contributed by atoms with Crippen LogP contribution in [-0.4, -0.2) is 49.6 Å². The van der Waals surface area contributed by atoms with Crippen molar-refractivity contribution in [2.45, 2.75) is 38.6 Å². The zero-order valence-electron chi connectivity index (χ0n) is 14.0. The van der Waals surface area contributed by atoms with Gasteiger partial charge in [-0.05, 0) is 38.3 Å². The Morgan fingerprint density at radius 3 is 2.70 bits per heavy atom. The monoisotopic (exact) mass is 318 g/mol. The Kier molecular flexibility index (Phi) is 6.44. The number of carbonyl (C=O) groups excluding carboxylic acids is 2. The van der Waals surface area contributed by atoms with Crippen molar-refractivity contribution in [3.05, 3.63) is 30.3 Å². The molecule has 0 aliphatic carbocycles. The van der Waals surface area contributed by atoms with E-state index in [1.807, 2.05) is 47.2 Å². The normalized spacial score (nSPS) is 17.7. The van der Waals surface area contributed by atoms with Gasteiger partial charge in [-0.3, -0.25) is 9.59 Å². The van der Waals surface area contributed by atoms with Crippen LogP contribution in [-0.2, 0) is 14.3 Å². The molecular weight excluding hydrogens is 292 g/mol. The number of anilines is 1. The second-order valence-corrected chi connectivity index (χ2v) is 5.94. The topological polar surface area (TPSA) is 49.9 Å². The fourth-order valence-electron chi connectivity index (χ4n) is 3.02. The molecule has 1 aliphatic rings. The third-order valence-corrected chi connectivity index (χ3v) is 4.22. The van der Waals surface area contributed by atoms with Gasteiger partial charge in [0.05, 0.1) is 19.6 Å². The molecule has 2 rings (SSSR count). The number of esters is 1. The molecule has 126 valence electrons. The van der Waals surface area contributed by atoms with Crippen LogP contribution in [0.4, 0.5) is 5.69 Å². The number of hydrogen-bond donors (Lipinski definition) is 0. The first kappa shape index (κ1) is 17.3. The summed E-state index contributed by atoms with van der Waals surface area (Å²) in [6.45, 7) is 3.24. The molecule has 5 nitrogen and oxygen atoms in total. The Morgan fingerprint density at radius 2 is 2.00 bits per heavy atom. The number of hydrogen-bond acceptors (Lipinski definition) is 4. The minimum atomic E-state index is -0.214. The van der Waals surface area contributed by atoms with Crippen LogP contribution >= 0.6 is 0 Å². The van der Waals surface area contributed by atoms with Crippen LogP contribution in [0.3, 0.4) is 0 Å². The second-order valence-electron chi connectivity index (χ2n) is 5.94. The van der Waals surface area contributed by atoms with E-state index in [0.717, 1.165) is 31.5 Å². The number of nitrogens with zero attached hydrogens (tertiary/aromatic N) is 2. The maximum absolute atomic E-state index is 12.7. The van der Waals surface area contributed by atoms with E-state index in [1.54, 1.807) is 6.92 Å². The summed E-state index contributed by atoms with van der Waals surface area (Å²) in [7, 11) is 1.91. The van der Waals surface area contributed by atoms with Gasteiger partial charge in [0, 0.05) is 25.3 Å². The smallest absolute Gasteiger partial charge is 0.307 e. The summed E-state index contributed by atoms with van der Waals surface area (Å²) in [6, 6.07) is 9.82. The minimum Gasteiger partial charge on any atom is -0.466 e. The second kappa shape index (κ2) is 8.56. The molecule has 5 heteroatoms. The first-order valence-electron chi connectivity index (χ1n) is 8.33. The van der Waals surface area contributed by atoms with Crippen LogP contribution in [0.15, 0.2) is 30.3 Å². The van der Waals surface area contributed by atoms with E-state index in [2.05, 4.69) is 0 Å². The molecule has 1 heterocycles. The maximum atomic E-state index is 12.7. The van der Waals surface area contributed by atoms with Gasteiger partial charge in [-0.2, -0.15) is 0 Å². The number of likely N-dealkylation sites (tertiary alicyclic amines) is 1. The molecule has 0 bridgehead atoms. The van der Waals surface area contributed by atoms with Gasteiger partial charge in [-0.1, -0.05) is 18.2 Å². The molecule has 0 aromatic heterocycles. The highest BCUT2D eigenvalue weighted by molar-refractivity contribution is 5.82. The lowest BCUT2D eigenvalue weighted by atomic mass is 9.99. The molecule has 1 aromatic rings. The van der Waals surface area contributed by atoms with Gasteiger partial charge >= 0.3 is 5.97 Å². The number of likely N-dealkylation sites (N-methyl/N-ethyl adjacent to an activating group) is 1. The van der Waals surface area contributed by atoms with Crippen molar-refractivity contribution in [2.24, 2.45) is 0 Å². The first-order valence-corrected chi connectivity index (χ1v) is 8.33. The van der Waals surface area contributed by atoms with Crippen LogP contribution in [0.5, 0.6) is 0 Å². The molecular formula is C18H26N2O3. The van der Waals surface area contributed by atoms with Crippen LogP contribution in [0.2, 0.25) is 0 Å². The van der Waals surface area contributed by atoms with E-state index in [1.165, 1.54) is 0 Å². The molecule has 23 heavy (non-hydrogen) atoms. The summed E-state index contributed by atoms with van der Waals surface area (Å²) >= 11 is 0. The van der Waals surface area contributed by atoms with E-state index < -0.39 is 0 Å². The predicted octanol–water partition coefficient (Wildman–Crippen LogP) is 2.46. The highest BCUT2D eigenvalue weighted by Gasteiger charge is 2.29. The van der Waals surface area contributed by atoms with Crippen LogP contribution in [0.1, 0.15) is 32.6 Å². The van der Waals surface area contributed by atoms with E-state index >= 15 is 0 Å². The van der Waals surface area contributed by atoms with Gasteiger partial charge in [0.2, 0.25) is 5.91 Å². The Morgan fingerprint density at radius 1 is 1.26 bits per heavy atom. The Hall–Kier alpha value is -2.04. The molecule has 0 radical (unpaired) electrons. The number of carbonyl (C=O) groups is 2. The Balaban J connectivity index is 1.96. The van der Waals surface area contributed by atoms with Gasteiger partial charge in [0.25, 0.3) is 0 Å². The molecule has 1 saturated heterocycles. The van der Waals surface area contributed by atoms with Crippen molar-refractivity contribution in [1.29, 1.82) is 0 Å². The summed E-state index contributed by atoms with van der Waals surface area (Å²) in [5, 5.41) is 0. The molecule has 0 N–H and O–H groups in total. The van der Waals surface area contributed by atoms with Crippen molar-refractivity contribution >= 4 is 17.6 Å². The number of rotatable bonds is 6. The molecule has 1 fully saturated rings. The van der Waals surface area contributed by atoms with Crippen molar-refractivity contribution in [1.82, 2.24) is 4.90 Å². The Bertz CT molecular complexity index is 518. The molecule has 1 amide bonds. The van der Waals surface area contributed by atoms with E-state index in [9.17, 15) is 9.59 Å². The van der Waals surface area contributed by atoms with Gasteiger partial charge in [0.1, 0.15) is 0 Å². The van der Waals surface area contributed by atoms with Gasteiger partial charge < -0.3 is 14.5 Å². The largest absolute Gasteiger partial charge is 0.466 e.